The van der Waals surface area contributed by atoms with Crippen LogP contribution in [0.4, 0.5) is 0 Å². The van der Waals surface area contributed by atoms with E-state index in [0.717, 1.165) is 39.3 Å². The van der Waals surface area contributed by atoms with E-state index in [-0.39, 0.29) is 11.5 Å². The number of phenols is 1. The van der Waals surface area contributed by atoms with Crippen LogP contribution < -0.4 is 0 Å². The Hall–Kier alpha value is -1.11. The molecule has 0 unspecified atom stereocenters. The molecule has 1 fully saturated rings. The molecule has 0 aromatic heterocycles. The molecule has 118 valence electrons. The van der Waals surface area contributed by atoms with Crippen molar-refractivity contribution < 1.29 is 18.3 Å². The zero-order valence-electron chi connectivity index (χ0n) is 12.4. The molecular weight excluding hydrogens is 290 g/mol. The second-order valence-corrected chi connectivity index (χ2v) is 7.51. The summed E-state index contributed by atoms with van der Waals surface area (Å²) < 4.78 is 29.9. The van der Waals surface area contributed by atoms with Gasteiger partial charge in [0.1, 0.15) is 5.75 Å². The van der Waals surface area contributed by atoms with Crippen molar-refractivity contribution in [2.75, 3.05) is 38.6 Å². The molecule has 0 bridgehead atoms. The van der Waals surface area contributed by atoms with Crippen LogP contribution in [0.3, 0.4) is 0 Å². The maximum absolute atomic E-state index is 12.3. The van der Waals surface area contributed by atoms with E-state index in [1.54, 1.807) is 6.92 Å². The lowest BCUT2D eigenvalue weighted by molar-refractivity contribution is 0.0373. The van der Waals surface area contributed by atoms with Gasteiger partial charge in [-0.25, -0.2) is 8.42 Å². The predicted molar refractivity (Wildman–Crippen MR) is 81.4 cm³/mol. The van der Waals surface area contributed by atoms with Gasteiger partial charge in [-0.1, -0.05) is 0 Å². The van der Waals surface area contributed by atoms with E-state index in [2.05, 4.69) is 4.90 Å². The van der Waals surface area contributed by atoms with Gasteiger partial charge in [-0.2, -0.15) is 0 Å². The number of morpholine rings is 1. The number of hydrogen-bond acceptors (Lipinski definition) is 5. The Kier molecular flexibility index (Phi) is 5.61. The smallest absolute Gasteiger partial charge is 0.178 e. The fourth-order valence-corrected chi connectivity index (χ4v) is 4.17. The Morgan fingerprint density at radius 3 is 2.62 bits per heavy atom. The molecule has 1 aliphatic rings. The third-order valence-electron chi connectivity index (χ3n) is 3.73. The van der Waals surface area contributed by atoms with Crippen molar-refractivity contribution in [2.45, 2.75) is 24.7 Å². The van der Waals surface area contributed by atoms with Gasteiger partial charge in [-0.15, -0.1) is 0 Å². The summed E-state index contributed by atoms with van der Waals surface area (Å²) in [6.45, 7) is 6.04. The van der Waals surface area contributed by atoms with E-state index in [1.165, 1.54) is 18.2 Å². The minimum Gasteiger partial charge on any atom is -0.508 e. The number of ether oxygens (including phenoxy) is 1. The van der Waals surface area contributed by atoms with Crippen LogP contribution in [0.15, 0.2) is 23.1 Å². The highest BCUT2D eigenvalue weighted by atomic mass is 32.2. The van der Waals surface area contributed by atoms with Crippen LogP contribution in [0.5, 0.6) is 5.75 Å². The van der Waals surface area contributed by atoms with E-state index in [4.69, 9.17) is 4.74 Å². The first-order valence-electron chi connectivity index (χ1n) is 7.31. The molecular formula is C15H23NO4S. The summed E-state index contributed by atoms with van der Waals surface area (Å²) in [6, 6.07) is 4.40. The van der Waals surface area contributed by atoms with Crippen LogP contribution in [0.25, 0.3) is 0 Å². The van der Waals surface area contributed by atoms with Gasteiger partial charge in [0.25, 0.3) is 0 Å². The fraction of sp³-hybridized carbons (Fsp3) is 0.600. The number of nitrogens with zero attached hydrogens (tertiary/aromatic N) is 1. The molecule has 1 saturated heterocycles. The van der Waals surface area contributed by atoms with Gasteiger partial charge in [0.2, 0.25) is 0 Å². The van der Waals surface area contributed by atoms with Gasteiger partial charge in [0.05, 0.1) is 23.9 Å². The fourth-order valence-electron chi connectivity index (χ4n) is 2.54. The van der Waals surface area contributed by atoms with Crippen molar-refractivity contribution >= 4 is 9.84 Å². The largest absolute Gasteiger partial charge is 0.508 e. The third kappa shape index (κ3) is 4.69. The van der Waals surface area contributed by atoms with Crippen molar-refractivity contribution in [3.8, 4) is 5.75 Å². The first kappa shape index (κ1) is 16.3. The predicted octanol–water partition coefficient (Wildman–Crippen LogP) is 1.59. The molecule has 1 N–H and O–H groups in total. The van der Waals surface area contributed by atoms with Crippen LogP contribution in [0.1, 0.15) is 18.4 Å². The molecule has 21 heavy (non-hydrogen) atoms. The number of aromatic hydroxyl groups is 1. The van der Waals surface area contributed by atoms with E-state index in [1.807, 2.05) is 0 Å². The SMILES string of the molecule is Cc1cc(O)ccc1S(=O)(=O)CCCCN1CCOCC1. The standard InChI is InChI=1S/C15H23NO4S/c1-13-12-14(17)4-5-15(13)21(18,19)11-3-2-6-16-7-9-20-10-8-16/h4-5,12,17H,2-3,6-11H2,1H3. The van der Waals surface area contributed by atoms with Crippen LogP contribution in [0.2, 0.25) is 0 Å². The highest BCUT2D eigenvalue weighted by Crippen LogP contribution is 2.22. The van der Waals surface area contributed by atoms with Crippen LogP contribution in [-0.4, -0.2) is 57.0 Å². The molecule has 0 amide bonds. The molecule has 0 radical (unpaired) electrons. The number of sulfone groups is 1. The van der Waals surface area contributed by atoms with E-state index in [0.29, 0.717) is 16.9 Å². The lowest BCUT2D eigenvalue weighted by Crippen LogP contribution is -2.36. The monoisotopic (exact) mass is 313 g/mol. The van der Waals surface area contributed by atoms with E-state index < -0.39 is 9.84 Å². The van der Waals surface area contributed by atoms with Crippen molar-refractivity contribution in [3.05, 3.63) is 23.8 Å². The van der Waals surface area contributed by atoms with Gasteiger partial charge >= 0.3 is 0 Å². The maximum atomic E-state index is 12.3. The highest BCUT2D eigenvalue weighted by molar-refractivity contribution is 7.91. The maximum Gasteiger partial charge on any atom is 0.178 e. The van der Waals surface area contributed by atoms with Crippen molar-refractivity contribution in [1.29, 1.82) is 0 Å². The molecule has 5 nitrogen and oxygen atoms in total. The zero-order chi connectivity index (χ0) is 15.3. The molecule has 1 aromatic rings. The molecule has 2 rings (SSSR count). The van der Waals surface area contributed by atoms with Gasteiger partial charge < -0.3 is 9.84 Å². The normalized spacial score (nSPS) is 17.0. The summed E-state index contributed by atoms with van der Waals surface area (Å²) in [7, 11) is -3.26. The number of phenolic OH excluding ortho intramolecular Hbond substituents is 1. The third-order valence-corrected chi connectivity index (χ3v) is 5.69. The Labute approximate surface area is 126 Å². The van der Waals surface area contributed by atoms with Crippen molar-refractivity contribution in [3.63, 3.8) is 0 Å². The molecule has 1 heterocycles. The molecule has 6 heteroatoms. The molecule has 0 atom stereocenters. The van der Waals surface area contributed by atoms with Crippen LogP contribution in [0, 0.1) is 6.92 Å². The minimum absolute atomic E-state index is 0.0961. The Morgan fingerprint density at radius 1 is 1.24 bits per heavy atom. The molecule has 0 aliphatic carbocycles. The minimum atomic E-state index is -3.26. The first-order valence-corrected chi connectivity index (χ1v) is 8.97. The van der Waals surface area contributed by atoms with Crippen LogP contribution >= 0.6 is 0 Å². The van der Waals surface area contributed by atoms with Crippen LogP contribution in [-0.2, 0) is 14.6 Å². The number of rotatable bonds is 6. The van der Waals surface area contributed by atoms with Gasteiger partial charge in [-0.3, -0.25) is 4.90 Å². The summed E-state index contributed by atoms with van der Waals surface area (Å²) in [5, 5.41) is 9.35. The summed E-state index contributed by atoms with van der Waals surface area (Å²) in [6.07, 6.45) is 1.52. The van der Waals surface area contributed by atoms with E-state index in [9.17, 15) is 13.5 Å². The highest BCUT2D eigenvalue weighted by Gasteiger charge is 2.17. The second-order valence-electron chi connectivity index (χ2n) is 5.43. The summed E-state index contributed by atoms with van der Waals surface area (Å²) in [5.41, 5.74) is 0.600. The first-order chi connectivity index (χ1) is 9.99. The van der Waals surface area contributed by atoms with Crippen molar-refractivity contribution in [1.82, 2.24) is 4.90 Å². The lowest BCUT2D eigenvalue weighted by atomic mass is 10.2. The average Bonchev–Trinajstić information content (AvgIpc) is 2.44. The van der Waals surface area contributed by atoms with E-state index >= 15 is 0 Å². The Bertz CT molecular complexity index is 565. The summed E-state index contributed by atoms with van der Waals surface area (Å²) >= 11 is 0. The lowest BCUT2D eigenvalue weighted by Gasteiger charge is -2.26. The molecule has 1 aromatic carbocycles. The number of benzene rings is 1. The summed E-state index contributed by atoms with van der Waals surface area (Å²) in [5.74, 6) is 0.252. The zero-order valence-corrected chi connectivity index (χ0v) is 13.2. The second kappa shape index (κ2) is 7.24. The number of hydrogen-bond donors (Lipinski definition) is 1. The topological polar surface area (TPSA) is 66.8 Å². The van der Waals surface area contributed by atoms with Gasteiger partial charge in [0.15, 0.2) is 9.84 Å². The van der Waals surface area contributed by atoms with Gasteiger partial charge in [-0.05, 0) is 50.1 Å². The van der Waals surface area contributed by atoms with Crippen molar-refractivity contribution in [2.24, 2.45) is 0 Å². The number of unbranched alkanes of at least 4 members (excludes halogenated alkanes) is 1. The molecule has 0 spiro atoms. The quantitative estimate of drug-likeness (QED) is 0.808. The average molecular weight is 313 g/mol. The van der Waals surface area contributed by atoms with Gasteiger partial charge in [0, 0.05) is 13.1 Å². The number of aryl methyl sites for hydroxylation is 1. The Morgan fingerprint density at radius 2 is 1.95 bits per heavy atom. The molecule has 1 aliphatic heterocycles. The molecule has 0 saturated carbocycles. The summed E-state index contributed by atoms with van der Waals surface area (Å²) in [4.78, 5) is 2.63. The Balaban J connectivity index is 1.83.